The zero-order chi connectivity index (χ0) is 28.6. The minimum Gasteiger partial charge on any atom is -0.449 e. The monoisotopic (exact) mass is 553 g/mol. The molecule has 0 spiro atoms. The van der Waals surface area contributed by atoms with E-state index in [1.165, 1.54) is 0 Å². The normalized spacial score (nSPS) is 22.1. The fourth-order valence-corrected chi connectivity index (χ4v) is 5.82. The van der Waals surface area contributed by atoms with Crippen molar-refractivity contribution < 1.29 is 33.5 Å². The third-order valence-corrected chi connectivity index (χ3v) is 8.02. The molecule has 1 N–H and O–H groups in total. The molecule has 4 heterocycles. The van der Waals surface area contributed by atoms with Crippen LogP contribution >= 0.6 is 0 Å². The third kappa shape index (κ3) is 5.26. The van der Waals surface area contributed by atoms with Crippen molar-refractivity contribution >= 4 is 41.3 Å². The van der Waals surface area contributed by atoms with Crippen LogP contribution in [-0.4, -0.2) is 102 Å². The highest BCUT2D eigenvalue weighted by Crippen LogP contribution is 2.36. The number of benzene rings is 1. The molecular weight excluding hydrogens is 518 g/mol. The number of hydrogen-bond acceptors (Lipinski definition) is 8. The Morgan fingerprint density at radius 1 is 0.925 bits per heavy atom. The van der Waals surface area contributed by atoms with E-state index in [0.717, 1.165) is 4.90 Å². The number of amides is 6. The quantitative estimate of drug-likeness (QED) is 0.538. The van der Waals surface area contributed by atoms with Gasteiger partial charge in [-0.2, -0.15) is 0 Å². The van der Waals surface area contributed by atoms with Gasteiger partial charge in [-0.15, -0.1) is 0 Å². The number of ether oxygens (including phenoxy) is 1. The molecule has 0 aliphatic carbocycles. The molecule has 12 heteroatoms. The molecule has 4 aliphatic rings. The van der Waals surface area contributed by atoms with Gasteiger partial charge in [-0.25, -0.2) is 4.79 Å². The van der Waals surface area contributed by atoms with Crippen molar-refractivity contribution in [3.8, 4) is 0 Å². The van der Waals surface area contributed by atoms with Gasteiger partial charge >= 0.3 is 6.09 Å². The fraction of sp³-hybridized carbons (Fsp3) is 0.571. The van der Waals surface area contributed by atoms with Crippen LogP contribution in [0.4, 0.5) is 10.5 Å². The minimum absolute atomic E-state index is 0.0650. The van der Waals surface area contributed by atoms with Gasteiger partial charge in [-0.1, -0.05) is 19.9 Å². The maximum absolute atomic E-state index is 13.4. The molecule has 1 unspecified atom stereocenters. The lowest BCUT2D eigenvalue weighted by Crippen LogP contribution is -2.54. The average Bonchev–Trinajstić information content (AvgIpc) is 3.21. The second kappa shape index (κ2) is 11.3. The predicted octanol–water partition coefficient (Wildman–Crippen LogP) is 1.24. The number of nitrogens with zero attached hydrogens (tertiary/aromatic N) is 4. The first-order chi connectivity index (χ1) is 19.2. The van der Waals surface area contributed by atoms with E-state index in [2.05, 4.69) is 5.32 Å². The van der Waals surface area contributed by atoms with Crippen molar-refractivity contribution in [3.63, 3.8) is 0 Å². The number of fused-ring (bicyclic) bond motifs is 1. The molecule has 3 fully saturated rings. The zero-order valence-corrected chi connectivity index (χ0v) is 22.9. The molecule has 0 aromatic heterocycles. The first kappa shape index (κ1) is 27.6. The molecule has 1 aromatic carbocycles. The second-order valence-corrected chi connectivity index (χ2v) is 11.2. The molecule has 3 saturated heterocycles. The van der Waals surface area contributed by atoms with E-state index < -0.39 is 29.7 Å². The van der Waals surface area contributed by atoms with Crippen LogP contribution in [0, 0.1) is 11.8 Å². The Hall–Kier alpha value is -3.96. The Morgan fingerprint density at radius 2 is 1.60 bits per heavy atom. The molecule has 40 heavy (non-hydrogen) atoms. The highest BCUT2D eigenvalue weighted by atomic mass is 16.6. The van der Waals surface area contributed by atoms with Gasteiger partial charge in [-0.3, -0.25) is 34.2 Å². The van der Waals surface area contributed by atoms with Gasteiger partial charge in [0.25, 0.3) is 11.8 Å². The van der Waals surface area contributed by atoms with Gasteiger partial charge in [0, 0.05) is 51.6 Å². The summed E-state index contributed by atoms with van der Waals surface area (Å²) in [7, 11) is 0. The number of rotatable bonds is 5. The lowest BCUT2D eigenvalue weighted by molar-refractivity contribution is -0.138. The van der Waals surface area contributed by atoms with E-state index >= 15 is 0 Å². The van der Waals surface area contributed by atoms with E-state index in [4.69, 9.17) is 4.74 Å². The molecule has 4 aliphatic heterocycles. The number of hydrogen-bond donors (Lipinski definition) is 1. The summed E-state index contributed by atoms with van der Waals surface area (Å²) >= 11 is 0. The van der Waals surface area contributed by atoms with Crippen molar-refractivity contribution in [1.29, 1.82) is 0 Å². The lowest BCUT2D eigenvalue weighted by atomic mass is 9.93. The Kier molecular flexibility index (Phi) is 7.77. The first-order valence-corrected chi connectivity index (χ1v) is 14.0. The Labute approximate surface area is 232 Å². The van der Waals surface area contributed by atoms with Crippen LogP contribution < -0.4 is 10.2 Å². The molecule has 0 radical (unpaired) electrons. The average molecular weight is 554 g/mol. The molecule has 0 bridgehead atoms. The molecule has 0 saturated carbocycles. The Balaban J connectivity index is 1.19. The Bertz CT molecular complexity index is 1230. The van der Waals surface area contributed by atoms with Crippen LogP contribution in [0.2, 0.25) is 0 Å². The van der Waals surface area contributed by atoms with Crippen molar-refractivity contribution in [2.24, 2.45) is 11.8 Å². The summed E-state index contributed by atoms with van der Waals surface area (Å²) in [5.74, 6) is -1.95. The highest BCUT2D eigenvalue weighted by molar-refractivity contribution is 6.25. The maximum Gasteiger partial charge on any atom is 0.409 e. The lowest BCUT2D eigenvalue weighted by Gasteiger charge is -2.39. The summed E-state index contributed by atoms with van der Waals surface area (Å²) in [6, 6.07) is 4.08. The summed E-state index contributed by atoms with van der Waals surface area (Å²) in [6.45, 7) is 7.22. The van der Waals surface area contributed by atoms with Crippen LogP contribution in [0.15, 0.2) is 18.2 Å². The molecule has 1 atom stereocenters. The summed E-state index contributed by atoms with van der Waals surface area (Å²) < 4.78 is 5.30. The number of piperazine rings is 1. The van der Waals surface area contributed by atoms with Crippen molar-refractivity contribution in [2.75, 3.05) is 50.8 Å². The summed E-state index contributed by atoms with van der Waals surface area (Å²) in [5.41, 5.74) is 1.13. The standard InChI is InChI=1S/C28H35N5O7/c1-17(2)16-40-28(39)32-14-12-31(13-15-32)25(36)18-8-10-30(11-9-18)20-5-3-4-19-23(20)27(38)33(26(19)37)21-6-7-22(34)29-24(21)35/h3-5,17-18,21H,6-16H2,1-2H3,(H,29,34,35). The van der Waals surface area contributed by atoms with Crippen LogP contribution in [0.3, 0.4) is 0 Å². The van der Waals surface area contributed by atoms with Gasteiger partial charge < -0.3 is 19.4 Å². The summed E-state index contributed by atoms with van der Waals surface area (Å²) in [4.78, 5) is 82.5. The maximum atomic E-state index is 13.4. The van der Waals surface area contributed by atoms with Crippen molar-refractivity contribution in [2.45, 2.75) is 45.6 Å². The van der Waals surface area contributed by atoms with E-state index in [0.29, 0.717) is 64.4 Å². The van der Waals surface area contributed by atoms with Crippen LogP contribution in [-0.2, 0) is 19.1 Å². The van der Waals surface area contributed by atoms with Crippen molar-refractivity contribution in [3.05, 3.63) is 29.3 Å². The highest BCUT2D eigenvalue weighted by Gasteiger charge is 2.46. The topological polar surface area (TPSA) is 137 Å². The number of piperidine rings is 2. The zero-order valence-electron chi connectivity index (χ0n) is 22.9. The third-order valence-electron chi connectivity index (χ3n) is 8.02. The largest absolute Gasteiger partial charge is 0.449 e. The first-order valence-electron chi connectivity index (χ1n) is 14.0. The summed E-state index contributed by atoms with van der Waals surface area (Å²) in [6.07, 6.45) is 1.02. The van der Waals surface area contributed by atoms with Gasteiger partial charge in [-0.05, 0) is 37.3 Å². The Morgan fingerprint density at radius 3 is 2.25 bits per heavy atom. The molecular formula is C28H35N5O7. The number of nitrogens with one attached hydrogen (secondary N) is 1. The number of imide groups is 2. The molecule has 1 aromatic rings. The van der Waals surface area contributed by atoms with Crippen LogP contribution in [0.5, 0.6) is 0 Å². The second-order valence-electron chi connectivity index (χ2n) is 11.2. The smallest absolute Gasteiger partial charge is 0.409 e. The molecule has 5 rings (SSSR count). The SMILES string of the molecule is CC(C)COC(=O)N1CCN(C(=O)C2CCN(c3cccc4c3C(=O)N(C3CCC(=O)NC3=O)C4=O)CC2)CC1. The van der Waals surface area contributed by atoms with E-state index in [-0.39, 0.29) is 47.8 Å². The molecule has 12 nitrogen and oxygen atoms in total. The van der Waals surface area contributed by atoms with E-state index in [1.54, 1.807) is 23.1 Å². The van der Waals surface area contributed by atoms with Gasteiger partial charge in [0.05, 0.1) is 23.4 Å². The number of carbonyl (C=O) groups is 6. The fourth-order valence-electron chi connectivity index (χ4n) is 5.82. The van der Waals surface area contributed by atoms with E-state index in [1.807, 2.05) is 23.6 Å². The van der Waals surface area contributed by atoms with Crippen LogP contribution in [0.25, 0.3) is 0 Å². The van der Waals surface area contributed by atoms with Gasteiger partial charge in [0.15, 0.2) is 0 Å². The van der Waals surface area contributed by atoms with Gasteiger partial charge in [0.1, 0.15) is 6.04 Å². The summed E-state index contributed by atoms with van der Waals surface area (Å²) in [5, 5.41) is 2.22. The number of anilines is 1. The van der Waals surface area contributed by atoms with Crippen LogP contribution in [0.1, 0.15) is 60.2 Å². The van der Waals surface area contributed by atoms with Crippen molar-refractivity contribution in [1.82, 2.24) is 20.0 Å². The predicted molar refractivity (Wildman–Crippen MR) is 142 cm³/mol. The van der Waals surface area contributed by atoms with E-state index in [9.17, 15) is 28.8 Å². The number of carbonyl (C=O) groups excluding carboxylic acids is 6. The molecule has 6 amide bonds. The minimum atomic E-state index is -1.01. The molecule has 214 valence electrons. The van der Waals surface area contributed by atoms with Gasteiger partial charge in [0.2, 0.25) is 17.7 Å².